The lowest BCUT2D eigenvalue weighted by atomic mass is 10.3. The van der Waals surface area contributed by atoms with Gasteiger partial charge in [0.2, 0.25) is 11.9 Å². The van der Waals surface area contributed by atoms with Crippen LogP contribution < -0.4 is 15.4 Å². The Kier molecular flexibility index (Phi) is 6.18. The second-order valence-corrected chi connectivity index (χ2v) is 5.26. The number of rotatable bonds is 7. The van der Waals surface area contributed by atoms with E-state index in [1.807, 2.05) is 6.92 Å². The molecule has 6 nitrogen and oxygen atoms in total. The van der Waals surface area contributed by atoms with Crippen molar-refractivity contribution in [2.75, 3.05) is 23.8 Å². The Labute approximate surface area is 145 Å². The zero-order chi connectivity index (χ0) is 18.4. The number of benzene rings is 1. The number of nitrogens with one attached hydrogen (secondary N) is 2. The van der Waals surface area contributed by atoms with Gasteiger partial charge in [-0.1, -0.05) is 18.5 Å². The van der Waals surface area contributed by atoms with E-state index in [0.717, 1.165) is 12.5 Å². The average molecular weight is 380 g/mol. The van der Waals surface area contributed by atoms with E-state index < -0.39 is 24.6 Å². The van der Waals surface area contributed by atoms with Crippen LogP contribution >= 0.6 is 11.6 Å². The molecule has 0 radical (unpaired) electrons. The van der Waals surface area contributed by atoms with Gasteiger partial charge >= 0.3 is 12.2 Å². The van der Waals surface area contributed by atoms with Gasteiger partial charge in [0.15, 0.2) is 6.61 Å². The summed E-state index contributed by atoms with van der Waals surface area (Å²) in [5.41, 5.74) is 0.348. The standard InChI is InChI=1S/C14H14ClF4N5O/c1-2-5-20-11-22-12(21-8-3-4-10(16)9(15)6-8)24-13(23-11)25-7-14(17,18)19/h3-4,6H,2,5,7H2,1H3,(H2,20,21,22,23,24). The number of halogens is 5. The predicted octanol–water partition coefficient (Wildman–Crippen LogP) is 4.17. The van der Waals surface area contributed by atoms with Crippen molar-refractivity contribution in [3.8, 4) is 6.01 Å². The summed E-state index contributed by atoms with van der Waals surface area (Å²) in [4.78, 5) is 11.5. The molecule has 1 heterocycles. The van der Waals surface area contributed by atoms with Crippen molar-refractivity contribution in [3.05, 3.63) is 29.0 Å². The van der Waals surface area contributed by atoms with Crippen molar-refractivity contribution in [1.82, 2.24) is 15.0 Å². The molecule has 1 aromatic carbocycles. The molecule has 0 aliphatic rings. The van der Waals surface area contributed by atoms with Gasteiger partial charge in [-0.2, -0.15) is 28.1 Å². The lowest BCUT2D eigenvalue weighted by molar-refractivity contribution is -0.154. The third-order valence-electron chi connectivity index (χ3n) is 2.69. The first-order valence-electron chi connectivity index (χ1n) is 7.18. The zero-order valence-corrected chi connectivity index (χ0v) is 13.7. The lowest BCUT2D eigenvalue weighted by Gasteiger charge is -2.11. The number of hydrogen-bond acceptors (Lipinski definition) is 6. The van der Waals surface area contributed by atoms with Gasteiger partial charge in [-0.3, -0.25) is 0 Å². The molecule has 0 aliphatic heterocycles. The van der Waals surface area contributed by atoms with Crippen LogP contribution in [0.4, 0.5) is 35.1 Å². The molecule has 2 aromatic rings. The number of aromatic nitrogens is 3. The number of hydrogen-bond donors (Lipinski definition) is 2. The van der Waals surface area contributed by atoms with Crippen LogP contribution in [-0.4, -0.2) is 34.3 Å². The Hall–Kier alpha value is -2.36. The first-order chi connectivity index (χ1) is 11.8. The minimum Gasteiger partial charge on any atom is -0.454 e. The summed E-state index contributed by atoms with van der Waals surface area (Å²) in [5.74, 6) is -0.638. The largest absolute Gasteiger partial charge is 0.454 e. The van der Waals surface area contributed by atoms with Gasteiger partial charge in [0, 0.05) is 12.2 Å². The Morgan fingerprint density at radius 1 is 1.16 bits per heavy atom. The molecule has 0 atom stereocenters. The summed E-state index contributed by atoms with van der Waals surface area (Å²) >= 11 is 5.68. The first kappa shape index (κ1) is 19.0. The van der Waals surface area contributed by atoms with E-state index >= 15 is 0 Å². The third kappa shape index (κ3) is 6.22. The van der Waals surface area contributed by atoms with E-state index in [4.69, 9.17) is 11.6 Å². The highest BCUT2D eigenvalue weighted by molar-refractivity contribution is 6.31. The minimum absolute atomic E-state index is 0.0460. The molecule has 0 saturated carbocycles. The summed E-state index contributed by atoms with van der Waals surface area (Å²) in [6, 6.07) is 3.29. The molecule has 11 heteroatoms. The smallest absolute Gasteiger partial charge is 0.422 e. The van der Waals surface area contributed by atoms with Crippen molar-refractivity contribution in [3.63, 3.8) is 0 Å². The van der Waals surface area contributed by atoms with Gasteiger partial charge in [0.25, 0.3) is 0 Å². The summed E-state index contributed by atoms with van der Waals surface area (Å²) in [6.07, 6.45) is -3.78. The molecule has 2 N–H and O–H groups in total. The SMILES string of the molecule is CCCNc1nc(Nc2ccc(F)c(Cl)c2)nc(OCC(F)(F)F)n1. The first-order valence-corrected chi connectivity index (χ1v) is 7.56. The molecule has 0 amide bonds. The summed E-state index contributed by atoms with van der Waals surface area (Å²) in [5, 5.41) is 5.41. The topological polar surface area (TPSA) is 72.0 Å². The van der Waals surface area contributed by atoms with E-state index in [2.05, 4.69) is 30.3 Å². The molecule has 136 valence electrons. The van der Waals surface area contributed by atoms with Gasteiger partial charge in [0.05, 0.1) is 5.02 Å². The summed E-state index contributed by atoms with van der Waals surface area (Å²) in [7, 11) is 0. The van der Waals surface area contributed by atoms with E-state index in [9.17, 15) is 17.6 Å². The van der Waals surface area contributed by atoms with Crippen LogP contribution in [0, 0.1) is 5.82 Å². The summed E-state index contributed by atoms with van der Waals surface area (Å²) in [6.45, 7) is 0.867. The average Bonchev–Trinajstić information content (AvgIpc) is 2.54. The van der Waals surface area contributed by atoms with E-state index in [1.54, 1.807) is 0 Å². The van der Waals surface area contributed by atoms with E-state index in [0.29, 0.717) is 12.2 Å². The van der Waals surface area contributed by atoms with Crippen LogP contribution in [0.25, 0.3) is 0 Å². The van der Waals surface area contributed by atoms with Crippen LogP contribution in [0.1, 0.15) is 13.3 Å². The molecule has 0 unspecified atom stereocenters. The van der Waals surface area contributed by atoms with Gasteiger partial charge in [-0.25, -0.2) is 4.39 Å². The van der Waals surface area contributed by atoms with E-state index in [-0.39, 0.29) is 16.9 Å². The Morgan fingerprint density at radius 2 is 1.88 bits per heavy atom. The number of ether oxygens (including phenoxy) is 1. The molecular weight excluding hydrogens is 366 g/mol. The second kappa shape index (κ2) is 8.15. The Morgan fingerprint density at radius 3 is 2.52 bits per heavy atom. The monoisotopic (exact) mass is 379 g/mol. The number of anilines is 3. The maximum atomic E-state index is 13.2. The molecule has 0 aliphatic carbocycles. The molecule has 2 rings (SSSR count). The van der Waals surface area contributed by atoms with Crippen LogP contribution in [0.5, 0.6) is 6.01 Å². The highest BCUT2D eigenvalue weighted by atomic mass is 35.5. The van der Waals surface area contributed by atoms with Crippen LogP contribution in [0.15, 0.2) is 18.2 Å². The molecule has 0 fully saturated rings. The van der Waals surface area contributed by atoms with Gasteiger partial charge in [0.1, 0.15) is 5.82 Å². The number of alkyl halides is 3. The van der Waals surface area contributed by atoms with Crippen molar-refractivity contribution in [2.24, 2.45) is 0 Å². The van der Waals surface area contributed by atoms with Crippen LogP contribution in [-0.2, 0) is 0 Å². The Bertz CT molecular complexity index is 729. The molecular formula is C14H14ClF4N5O. The molecule has 1 aromatic heterocycles. The van der Waals surface area contributed by atoms with Crippen molar-refractivity contribution < 1.29 is 22.3 Å². The van der Waals surface area contributed by atoms with Crippen LogP contribution in [0.3, 0.4) is 0 Å². The fourth-order valence-corrected chi connectivity index (χ4v) is 1.82. The maximum Gasteiger partial charge on any atom is 0.422 e. The van der Waals surface area contributed by atoms with Crippen molar-refractivity contribution >= 4 is 29.2 Å². The van der Waals surface area contributed by atoms with Crippen molar-refractivity contribution in [1.29, 1.82) is 0 Å². The lowest BCUT2D eigenvalue weighted by Crippen LogP contribution is -2.21. The summed E-state index contributed by atoms with van der Waals surface area (Å²) < 4.78 is 54.6. The van der Waals surface area contributed by atoms with Crippen LogP contribution in [0.2, 0.25) is 5.02 Å². The normalized spacial score (nSPS) is 11.3. The predicted molar refractivity (Wildman–Crippen MR) is 84.9 cm³/mol. The third-order valence-corrected chi connectivity index (χ3v) is 2.98. The fourth-order valence-electron chi connectivity index (χ4n) is 1.64. The highest BCUT2D eigenvalue weighted by Gasteiger charge is 2.29. The van der Waals surface area contributed by atoms with Gasteiger partial charge in [-0.15, -0.1) is 0 Å². The maximum absolute atomic E-state index is 13.2. The molecule has 0 bridgehead atoms. The second-order valence-electron chi connectivity index (χ2n) is 4.85. The van der Waals surface area contributed by atoms with E-state index in [1.165, 1.54) is 12.1 Å². The fraction of sp³-hybridized carbons (Fsp3) is 0.357. The zero-order valence-electron chi connectivity index (χ0n) is 13.0. The Balaban J connectivity index is 2.23. The highest BCUT2D eigenvalue weighted by Crippen LogP contribution is 2.23. The minimum atomic E-state index is -4.53. The molecule has 0 spiro atoms. The molecule has 0 saturated heterocycles. The number of nitrogens with zero attached hydrogens (tertiary/aromatic N) is 3. The quantitative estimate of drug-likeness (QED) is 0.703. The van der Waals surface area contributed by atoms with Gasteiger partial charge in [-0.05, 0) is 24.6 Å². The van der Waals surface area contributed by atoms with Gasteiger partial charge < -0.3 is 15.4 Å². The van der Waals surface area contributed by atoms with Crippen molar-refractivity contribution in [2.45, 2.75) is 19.5 Å². The molecule has 25 heavy (non-hydrogen) atoms.